The van der Waals surface area contributed by atoms with Gasteiger partial charge in [0.15, 0.2) is 0 Å². The lowest BCUT2D eigenvalue weighted by Gasteiger charge is -2.36. The highest BCUT2D eigenvalue weighted by Gasteiger charge is 2.27. The Hall–Kier alpha value is -1.85. The minimum atomic E-state index is -0.446. The van der Waals surface area contributed by atoms with Gasteiger partial charge in [-0.3, -0.25) is 0 Å². The number of carbonyl (C=O) groups is 1. The first-order valence-corrected chi connectivity index (χ1v) is 8.47. The van der Waals surface area contributed by atoms with Crippen LogP contribution in [0, 0.1) is 0 Å². The van der Waals surface area contributed by atoms with E-state index in [2.05, 4.69) is 20.9 Å². The summed E-state index contributed by atoms with van der Waals surface area (Å²) in [7, 11) is 0. The zero-order valence-electron chi connectivity index (χ0n) is 14.3. The highest BCUT2D eigenvalue weighted by Crippen LogP contribution is 2.35. The van der Waals surface area contributed by atoms with Crippen LogP contribution in [0.5, 0.6) is 0 Å². The van der Waals surface area contributed by atoms with Crippen LogP contribution in [0.4, 0.5) is 10.6 Å². The van der Waals surface area contributed by atoms with Crippen molar-refractivity contribution >= 4 is 11.9 Å². The summed E-state index contributed by atoms with van der Waals surface area (Å²) in [5.41, 5.74) is 0.717. The van der Waals surface area contributed by atoms with Gasteiger partial charge in [-0.15, -0.1) is 0 Å². The summed E-state index contributed by atoms with van der Waals surface area (Å²) in [6.45, 7) is 8.56. The van der Waals surface area contributed by atoms with Gasteiger partial charge in [-0.25, -0.2) is 14.8 Å². The van der Waals surface area contributed by atoms with E-state index in [0.29, 0.717) is 19.0 Å². The largest absolute Gasteiger partial charge is 0.444 e. The Morgan fingerprint density at radius 2 is 1.87 bits per heavy atom. The Bertz CT molecular complexity index is 558. The number of aromatic nitrogens is 2. The van der Waals surface area contributed by atoms with Crippen molar-refractivity contribution in [3.8, 4) is 0 Å². The molecular formula is C17H26N4O2. The van der Waals surface area contributed by atoms with Crippen molar-refractivity contribution in [2.75, 3.05) is 31.1 Å². The molecule has 1 aliphatic heterocycles. The molecule has 23 heavy (non-hydrogen) atoms. The molecule has 1 saturated heterocycles. The third-order valence-corrected chi connectivity index (χ3v) is 4.45. The van der Waals surface area contributed by atoms with Crippen LogP contribution in [0.2, 0.25) is 0 Å². The molecule has 0 N–H and O–H groups in total. The van der Waals surface area contributed by atoms with Gasteiger partial charge >= 0.3 is 6.09 Å². The molecule has 1 amide bonds. The van der Waals surface area contributed by atoms with E-state index >= 15 is 0 Å². The van der Waals surface area contributed by atoms with Crippen molar-refractivity contribution in [1.29, 1.82) is 0 Å². The number of hydrogen-bond donors (Lipinski definition) is 0. The highest BCUT2D eigenvalue weighted by atomic mass is 16.6. The summed E-state index contributed by atoms with van der Waals surface area (Å²) in [6, 6.07) is 2.12. The van der Waals surface area contributed by atoms with E-state index in [1.54, 1.807) is 11.2 Å². The normalized spacial score (nSPS) is 19.4. The zero-order chi connectivity index (χ0) is 16.4. The third kappa shape index (κ3) is 3.92. The number of nitrogens with zero attached hydrogens (tertiary/aromatic N) is 4. The van der Waals surface area contributed by atoms with E-state index in [4.69, 9.17) is 4.74 Å². The van der Waals surface area contributed by atoms with Crippen LogP contribution in [0.25, 0.3) is 0 Å². The van der Waals surface area contributed by atoms with E-state index in [1.807, 2.05) is 20.8 Å². The molecule has 3 rings (SSSR count). The first kappa shape index (κ1) is 16.0. The molecule has 0 unspecified atom stereocenters. The molecule has 6 nitrogen and oxygen atoms in total. The maximum Gasteiger partial charge on any atom is 0.410 e. The van der Waals surface area contributed by atoms with Crippen molar-refractivity contribution in [3.63, 3.8) is 0 Å². The van der Waals surface area contributed by atoms with Gasteiger partial charge in [0.1, 0.15) is 17.7 Å². The third-order valence-electron chi connectivity index (χ3n) is 4.45. The number of ether oxygens (including phenoxy) is 1. The molecule has 2 fully saturated rings. The van der Waals surface area contributed by atoms with Crippen molar-refractivity contribution in [3.05, 3.63) is 18.1 Å². The Balaban J connectivity index is 1.57. The van der Waals surface area contributed by atoms with Crippen LogP contribution in [0.1, 0.15) is 51.6 Å². The molecular weight excluding hydrogens is 292 g/mol. The molecule has 0 aromatic carbocycles. The van der Waals surface area contributed by atoms with E-state index in [9.17, 15) is 4.79 Å². The molecule has 1 aliphatic carbocycles. The first-order chi connectivity index (χ1) is 10.9. The average Bonchev–Trinajstić information content (AvgIpc) is 2.44. The van der Waals surface area contributed by atoms with Crippen molar-refractivity contribution < 1.29 is 9.53 Å². The Morgan fingerprint density at radius 1 is 1.17 bits per heavy atom. The lowest BCUT2D eigenvalue weighted by Crippen LogP contribution is -2.50. The molecule has 0 bridgehead atoms. The van der Waals surface area contributed by atoms with Crippen LogP contribution >= 0.6 is 0 Å². The fraction of sp³-hybridized carbons (Fsp3) is 0.706. The number of hydrogen-bond acceptors (Lipinski definition) is 5. The minimum absolute atomic E-state index is 0.227. The number of piperazine rings is 1. The molecule has 2 aliphatic rings. The smallest absolute Gasteiger partial charge is 0.410 e. The van der Waals surface area contributed by atoms with Crippen LogP contribution in [0.3, 0.4) is 0 Å². The van der Waals surface area contributed by atoms with Gasteiger partial charge < -0.3 is 14.5 Å². The molecule has 1 saturated carbocycles. The average molecular weight is 318 g/mol. The summed E-state index contributed by atoms with van der Waals surface area (Å²) in [6.07, 6.45) is 5.23. The summed E-state index contributed by atoms with van der Waals surface area (Å²) < 4.78 is 5.43. The van der Waals surface area contributed by atoms with E-state index in [1.165, 1.54) is 19.3 Å². The predicted molar refractivity (Wildman–Crippen MR) is 88.6 cm³/mol. The fourth-order valence-corrected chi connectivity index (χ4v) is 2.91. The summed E-state index contributed by atoms with van der Waals surface area (Å²) in [4.78, 5) is 24.9. The molecule has 2 heterocycles. The Kier molecular flexibility index (Phi) is 4.41. The van der Waals surface area contributed by atoms with Gasteiger partial charge in [0, 0.05) is 43.9 Å². The van der Waals surface area contributed by atoms with Gasteiger partial charge in [0.05, 0.1) is 0 Å². The summed E-state index contributed by atoms with van der Waals surface area (Å²) in [5.74, 6) is 1.59. The number of carbonyl (C=O) groups excluding carboxylic acids is 1. The van der Waals surface area contributed by atoms with Gasteiger partial charge in [-0.2, -0.15) is 0 Å². The maximum absolute atomic E-state index is 12.1. The number of anilines is 1. The van der Waals surface area contributed by atoms with Gasteiger partial charge in [0.2, 0.25) is 0 Å². The lowest BCUT2D eigenvalue weighted by molar-refractivity contribution is 0.0240. The van der Waals surface area contributed by atoms with Crippen molar-refractivity contribution in [1.82, 2.24) is 14.9 Å². The second-order valence-corrected chi connectivity index (χ2v) is 7.38. The molecule has 1 aromatic heterocycles. The standard InChI is InChI=1S/C17H26N4O2/c1-17(2,3)23-16(22)21-9-7-20(8-10-21)15-11-14(18-12-19-15)13-5-4-6-13/h11-13H,4-10H2,1-3H3. The summed E-state index contributed by atoms with van der Waals surface area (Å²) in [5, 5.41) is 0. The van der Waals surface area contributed by atoms with E-state index in [-0.39, 0.29) is 6.09 Å². The molecule has 0 atom stereocenters. The highest BCUT2D eigenvalue weighted by molar-refractivity contribution is 5.68. The Labute approximate surface area is 137 Å². The van der Waals surface area contributed by atoms with Crippen molar-refractivity contribution in [2.24, 2.45) is 0 Å². The molecule has 0 radical (unpaired) electrons. The van der Waals surface area contributed by atoms with E-state index < -0.39 is 5.60 Å². The van der Waals surface area contributed by atoms with Crippen LogP contribution in [-0.2, 0) is 4.74 Å². The topological polar surface area (TPSA) is 58.6 Å². The van der Waals surface area contributed by atoms with Crippen LogP contribution in [0.15, 0.2) is 12.4 Å². The number of amides is 1. The van der Waals surface area contributed by atoms with Crippen molar-refractivity contribution in [2.45, 2.75) is 51.6 Å². The Morgan fingerprint density at radius 3 is 2.43 bits per heavy atom. The molecule has 0 spiro atoms. The summed E-state index contributed by atoms with van der Waals surface area (Å²) >= 11 is 0. The molecule has 126 valence electrons. The fourth-order valence-electron chi connectivity index (χ4n) is 2.91. The van der Waals surface area contributed by atoms with Crippen LogP contribution < -0.4 is 4.90 Å². The monoisotopic (exact) mass is 318 g/mol. The SMILES string of the molecule is CC(C)(C)OC(=O)N1CCN(c2cc(C3CCC3)ncn2)CC1. The quantitative estimate of drug-likeness (QED) is 0.839. The van der Waals surface area contributed by atoms with Gasteiger partial charge in [0.25, 0.3) is 0 Å². The molecule has 6 heteroatoms. The van der Waals surface area contributed by atoms with E-state index in [0.717, 1.165) is 24.6 Å². The minimum Gasteiger partial charge on any atom is -0.444 e. The second-order valence-electron chi connectivity index (χ2n) is 7.38. The number of rotatable bonds is 2. The predicted octanol–water partition coefficient (Wildman–Crippen LogP) is 2.80. The first-order valence-electron chi connectivity index (χ1n) is 8.47. The van der Waals surface area contributed by atoms with Gasteiger partial charge in [-0.05, 0) is 33.6 Å². The van der Waals surface area contributed by atoms with Crippen LogP contribution in [-0.4, -0.2) is 52.7 Å². The lowest BCUT2D eigenvalue weighted by atomic mass is 9.83. The second kappa shape index (κ2) is 6.34. The van der Waals surface area contributed by atoms with Gasteiger partial charge in [-0.1, -0.05) is 6.42 Å². The molecule has 1 aromatic rings. The maximum atomic E-state index is 12.1. The zero-order valence-corrected chi connectivity index (χ0v) is 14.3.